The molecule has 3 nitrogen and oxygen atoms in total. The summed E-state index contributed by atoms with van der Waals surface area (Å²) in [7, 11) is 0. The van der Waals surface area contributed by atoms with Gasteiger partial charge in [-0.2, -0.15) is 0 Å². The number of carbonyl (C=O) groups is 1. The number of ether oxygens (including phenoxy) is 2. The molecule has 0 aliphatic heterocycles. The molecule has 0 spiro atoms. The van der Waals surface area contributed by atoms with Crippen LogP contribution in [0.15, 0.2) is 24.8 Å². The van der Waals surface area contributed by atoms with Crippen LogP contribution in [0.3, 0.4) is 0 Å². The normalized spacial score (nSPS) is 17.8. The number of halogens is 2. The van der Waals surface area contributed by atoms with Gasteiger partial charge in [0.05, 0.1) is 13.2 Å². The molecular formula is C31H48F2O3. The first-order valence-corrected chi connectivity index (χ1v) is 14.4. The molecule has 1 aromatic rings. The molecule has 5 heteroatoms. The Morgan fingerprint density at radius 1 is 0.944 bits per heavy atom. The highest BCUT2D eigenvalue weighted by atomic mass is 19.1. The topological polar surface area (TPSA) is 35.5 Å². The van der Waals surface area contributed by atoms with Gasteiger partial charge >= 0.3 is 5.97 Å². The predicted molar refractivity (Wildman–Crippen MR) is 143 cm³/mol. The fourth-order valence-corrected chi connectivity index (χ4v) is 5.65. The van der Waals surface area contributed by atoms with Crippen LogP contribution in [-0.2, 0) is 9.53 Å². The number of benzene rings is 1. The minimum Gasteiger partial charge on any atom is -0.488 e. The molecule has 0 aromatic heterocycles. The molecule has 1 saturated carbocycles. The van der Waals surface area contributed by atoms with E-state index in [0.717, 1.165) is 68.4 Å². The first-order valence-electron chi connectivity index (χ1n) is 14.4. The summed E-state index contributed by atoms with van der Waals surface area (Å²) in [4.78, 5) is 11.0. The molecular weight excluding hydrogens is 458 g/mol. The minimum atomic E-state index is -0.596. The quantitative estimate of drug-likeness (QED) is 0.113. The molecule has 0 heterocycles. The van der Waals surface area contributed by atoms with Crippen molar-refractivity contribution in [1.82, 2.24) is 0 Å². The van der Waals surface area contributed by atoms with Gasteiger partial charge in [0, 0.05) is 6.08 Å². The van der Waals surface area contributed by atoms with E-state index in [1.54, 1.807) is 0 Å². The van der Waals surface area contributed by atoms with E-state index in [1.165, 1.54) is 57.1 Å². The second-order valence-electron chi connectivity index (χ2n) is 10.5. The number of hydrogen-bond donors (Lipinski definition) is 0. The number of rotatable bonds is 18. The molecule has 1 aromatic carbocycles. The summed E-state index contributed by atoms with van der Waals surface area (Å²) in [6, 6.07) is 2.97. The second-order valence-corrected chi connectivity index (χ2v) is 10.5. The van der Waals surface area contributed by atoms with Crippen LogP contribution >= 0.6 is 0 Å². The molecule has 0 atom stereocenters. The summed E-state index contributed by atoms with van der Waals surface area (Å²) in [5.41, 5.74) is 0.774. The van der Waals surface area contributed by atoms with Crippen molar-refractivity contribution < 1.29 is 23.0 Å². The van der Waals surface area contributed by atoms with Crippen molar-refractivity contribution in [3.8, 4) is 5.75 Å². The van der Waals surface area contributed by atoms with Crippen molar-refractivity contribution >= 4 is 5.97 Å². The van der Waals surface area contributed by atoms with Crippen LogP contribution in [0.25, 0.3) is 0 Å². The van der Waals surface area contributed by atoms with Gasteiger partial charge in [0.15, 0.2) is 17.4 Å². The third-order valence-electron chi connectivity index (χ3n) is 7.65. The molecule has 0 bridgehead atoms. The monoisotopic (exact) mass is 506 g/mol. The van der Waals surface area contributed by atoms with Crippen molar-refractivity contribution in [2.24, 2.45) is 11.8 Å². The molecule has 0 N–H and O–H groups in total. The lowest BCUT2D eigenvalue weighted by Gasteiger charge is -2.29. The average Bonchev–Trinajstić information content (AvgIpc) is 2.87. The molecule has 1 fully saturated rings. The third-order valence-corrected chi connectivity index (χ3v) is 7.65. The number of carbonyl (C=O) groups excluding carboxylic acids is 1. The van der Waals surface area contributed by atoms with Crippen molar-refractivity contribution in [3.63, 3.8) is 0 Å². The summed E-state index contributed by atoms with van der Waals surface area (Å²) in [5, 5.41) is 0. The Labute approximate surface area is 218 Å². The van der Waals surface area contributed by atoms with Crippen LogP contribution in [0, 0.1) is 23.5 Å². The van der Waals surface area contributed by atoms with Crippen LogP contribution in [-0.4, -0.2) is 19.2 Å². The van der Waals surface area contributed by atoms with Crippen molar-refractivity contribution in [1.29, 1.82) is 0 Å². The molecule has 0 radical (unpaired) electrons. The van der Waals surface area contributed by atoms with E-state index < -0.39 is 17.6 Å². The van der Waals surface area contributed by atoms with Crippen LogP contribution in [0.4, 0.5) is 8.78 Å². The molecule has 1 aliphatic rings. The Morgan fingerprint density at radius 2 is 1.56 bits per heavy atom. The van der Waals surface area contributed by atoms with Crippen LogP contribution in [0.2, 0.25) is 0 Å². The van der Waals surface area contributed by atoms with Gasteiger partial charge in [-0.05, 0) is 86.8 Å². The zero-order chi connectivity index (χ0) is 26.2. The van der Waals surface area contributed by atoms with Crippen molar-refractivity contribution in [3.05, 3.63) is 42.0 Å². The van der Waals surface area contributed by atoms with Gasteiger partial charge in [0.25, 0.3) is 0 Å². The third kappa shape index (κ3) is 11.0. The Bertz CT molecular complexity index is 742. The lowest BCUT2D eigenvalue weighted by molar-refractivity contribution is -0.137. The van der Waals surface area contributed by atoms with E-state index in [2.05, 4.69) is 20.4 Å². The van der Waals surface area contributed by atoms with Crippen LogP contribution in [0.5, 0.6) is 5.75 Å². The predicted octanol–water partition coefficient (Wildman–Crippen LogP) is 9.29. The second kappa shape index (κ2) is 17.5. The van der Waals surface area contributed by atoms with Crippen molar-refractivity contribution in [2.45, 2.75) is 116 Å². The zero-order valence-electron chi connectivity index (χ0n) is 22.7. The summed E-state index contributed by atoms with van der Waals surface area (Å²) in [5.74, 6) is 0.0127. The molecule has 36 heavy (non-hydrogen) atoms. The molecule has 0 saturated heterocycles. The van der Waals surface area contributed by atoms with Gasteiger partial charge in [-0.3, -0.25) is 0 Å². The summed E-state index contributed by atoms with van der Waals surface area (Å²) >= 11 is 0. The largest absolute Gasteiger partial charge is 0.488 e. The summed E-state index contributed by atoms with van der Waals surface area (Å²) in [6.45, 7) is 8.54. The summed E-state index contributed by atoms with van der Waals surface area (Å²) < 4.78 is 39.7. The van der Waals surface area contributed by atoms with E-state index in [0.29, 0.717) is 13.0 Å². The van der Waals surface area contributed by atoms with E-state index in [-0.39, 0.29) is 18.3 Å². The Hall–Kier alpha value is -1.91. The maximum atomic E-state index is 14.7. The summed E-state index contributed by atoms with van der Waals surface area (Å²) in [6.07, 6.45) is 17.9. The number of hydrogen-bond acceptors (Lipinski definition) is 3. The zero-order valence-corrected chi connectivity index (χ0v) is 22.7. The fraction of sp³-hybridized carbons (Fsp3) is 0.710. The Morgan fingerprint density at radius 3 is 2.14 bits per heavy atom. The van der Waals surface area contributed by atoms with Gasteiger partial charge in [-0.1, -0.05) is 65.4 Å². The SMILES string of the molecule is C=CC(=O)OCCCCCCOc1c(F)cc(C2CCC(CCCC(CCC)CCC)CC2)cc1F. The molecule has 1 aliphatic carbocycles. The lowest BCUT2D eigenvalue weighted by Crippen LogP contribution is -2.14. The number of esters is 1. The van der Waals surface area contributed by atoms with Gasteiger partial charge in [-0.15, -0.1) is 0 Å². The van der Waals surface area contributed by atoms with Gasteiger partial charge < -0.3 is 9.47 Å². The molecule has 204 valence electrons. The smallest absolute Gasteiger partial charge is 0.330 e. The van der Waals surface area contributed by atoms with Crippen LogP contribution < -0.4 is 4.74 Å². The fourth-order valence-electron chi connectivity index (χ4n) is 5.65. The average molecular weight is 507 g/mol. The standard InChI is InChI=1S/C31H48F2O3/c1-4-12-24(13-5-2)14-11-15-25-16-18-26(19-17-25)27-22-28(32)31(29(33)23-27)36-21-10-8-7-9-20-35-30(34)6-3/h6,22-26H,3-5,7-21H2,1-2H3. The Kier molecular flexibility index (Phi) is 14.8. The minimum absolute atomic E-state index is 0.238. The van der Waals surface area contributed by atoms with Crippen LogP contribution in [0.1, 0.15) is 122 Å². The highest BCUT2D eigenvalue weighted by Gasteiger charge is 2.24. The van der Waals surface area contributed by atoms with E-state index in [4.69, 9.17) is 9.47 Å². The molecule has 2 rings (SSSR count). The highest BCUT2D eigenvalue weighted by molar-refractivity contribution is 5.81. The van der Waals surface area contributed by atoms with E-state index in [9.17, 15) is 13.6 Å². The van der Waals surface area contributed by atoms with Gasteiger partial charge in [0.1, 0.15) is 0 Å². The maximum absolute atomic E-state index is 14.7. The van der Waals surface area contributed by atoms with Gasteiger partial charge in [-0.25, -0.2) is 13.6 Å². The molecule has 0 unspecified atom stereocenters. The highest BCUT2D eigenvalue weighted by Crippen LogP contribution is 2.39. The first-order chi connectivity index (χ1) is 17.5. The maximum Gasteiger partial charge on any atom is 0.330 e. The van der Waals surface area contributed by atoms with Crippen molar-refractivity contribution in [2.75, 3.05) is 13.2 Å². The Balaban J connectivity index is 1.69. The van der Waals surface area contributed by atoms with E-state index in [1.807, 2.05) is 0 Å². The van der Waals surface area contributed by atoms with E-state index >= 15 is 0 Å². The van der Waals surface area contributed by atoms with Gasteiger partial charge in [0.2, 0.25) is 0 Å². The lowest BCUT2D eigenvalue weighted by atomic mass is 9.76. The number of unbranched alkanes of at least 4 members (excludes halogenated alkanes) is 3. The molecule has 0 amide bonds. The first kappa shape index (κ1) is 30.3.